The van der Waals surface area contributed by atoms with Gasteiger partial charge in [-0.25, -0.2) is 0 Å². The molecule has 0 radical (unpaired) electrons. The summed E-state index contributed by atoms with van der Waals surface area (Å²) >= 11 is 0. The maximum Gasteiger partial charge on any atom is 0.166 e. The van der Waals surface area contributed by atoms with Crippen LogP contribution in [0, 0.1) is 0 Å². The molecule has 2 aromatic carbocycles. The van der Waals surface area contributed by atoms with E-state index in [0.717, 1.165) is 35.8 Å². The van der Waals surface area contributed by atoms with Crippen LogP contribution in [0.3, 0.4) is 0 Å². The van der Waals surface area contributed by atoms with Gasteiger partial charge in [0.15, 0.2) is 11.5 Å². The van der Waals surface area contributed by atoms with Crippen molar-refractivity contribution in [2.24, 2.45) is 0 Å². The van der Waals surface area contributed by atoms with Gasteiger partial charge in [-0.1, -0.05) is 18.2 Å². The second-order valence-corrected chi connectivity index (χ2v) is 5.74. The summed E-state index contributed by atoms with van der Waals surface area (Å²) in [5.41, 5.74) is 3.72. The number of hydrogen-bond acceptors (Lipinski definition) is 4. The lowest BCUT2D eigenvalue weighted by Crippen LogP contribution is -2.31. The zero-order valence-corrected chi connectivity index (χ0v) is 14.6. The molecule has 4 nitrogen and oxygen atoms in total. The molecule has 0 aromatic heterocycles. The van der Waals surface area contributed by atoms with Crippen molar-refractivity contribution >= 4 is 0 Å². The lowest BCUT2D eigenvalue weighted by atomic mass is 9.89. The summed E-state index contributed by atoms with van der Waals surface area (Å²) in [6.07, 6.45) is 1.00. The molecule has 2 aromatic rings. The fourth-order valence-electron chi connectivity index (χ4n) is 3.29. The van der Waals surface area contributed by atoms with Gasteiger partial charge >= 0.3 is 0 Å². The van der Waals surface area contributed by atoms with Gasteiger partial charge in [0.05, 0.1) is 26.4 Å². The molecule has 1 atom stereocenters. The highest BCUT2D eigenvalue weighted by atomic mass is 16.5. The number of para-hydroxylation sites is 1. The van der Waals surface area contributed by atoms with Crippen molar-refractivity contribution in [2.45, 2.75) is 26.3 Å². The van der Waals surface area contributed by atoms with Gasteiger partial charge in [0.25, 0.3) is 0 Å². The van der Waals surface area contributed by atoms with Crippen LogP contribution in [-0.4, -0.2) is 26.9 Å². The van der Waals surface area contributed by atoms with Gasteiger partial charge in [-0.05, 0) is 49.6 Å². The van der Waals surface area contributed by atoms with E-state index in [4.69, 9.17) is 14.2 Å². The SMILES string of the molecule is CCOc1ccc2c(c1)CCNC2c1cccc(OC)c1OCC. The van der Waals surface area contributed by atoms with E-state index in [1.165, 1.54) is 11.1 Å². The highest BCUT2D eigenvalue weighted by molar-refractivity contribution is 5.53. The Morgan fingerprint density at radius 2 is 1.88 bits per heavy atom. The Balaban J connectivity index is 2.03. The van der Waals surface area contributed by atoms with Crippen molar-refractivity contribution in [1.82, 2.24) is 5.32 Å². The van der Waals surface area contributed by atoms with Crippen LogP contribution in [0.25, 0.3) is 0 Å². The minimum Gasteiger partial charge on any atom is -0.494 e. The maximum atomic E-state index is 5.90. The number of fused-ring (bicyclic) bond motifs is 1. The number of methoxy groups -OCH3 is 1. The topological polar surface area (TPSA) is 39.7 Å². The zero-order chi connectivity index (χ0) is 16.9. The summed E-state index contributed by atoms with van der Waals surface area (Å²) < 4.78 is 17.0. The molecular weight excluding hydrogens is 302 g/mol. The van der Waals surface area contributed by atoms with Crippen molar-refractivity contribution in [3.05, 3.63) is 53.1 Å². The predicted molar refractivity (Wildman–Crippen MR) is 95.3 cm³/mol. The largest absolute Gasteiger partial charge is 0.494 e. The van der Waals surface area contributed by atoms with E-state index in [0.29, 0.717) is 13.2 Å². The Kier molecular flexibility index (Phi) is 5.26. The molecule has 0 saturated carbocycles. The normalized spacial score (nSPS) is 16.4. The Morgan fingerprint density at radius 1 is 1.04 bits per heavy atom. The van der Waals surface area contributed by atoms with Crippen molar-refractivity contribution in [3.8, 4) is 17.2 Å². The summed E-state index contributed by atoms with van der Waals surface area (Å²) in [5, 5.41) is 3.62. The molecule has 0 amide bonds. The van der Waals surface area contributed by atoms with E-state index >= 15 is 0 Å². The molecule has 0 fully saturated rings. The molecule has 0 aliphatic carbocycles. The molecule has 1 unspecified atom stereocenters. The third-order valence-corrected chi connectivity index (χ3v) is 4.31. The second kappa shape index (κ2) is 7.58. The number of nitrogens with one attached hydrogen (secondary N) is 1. The Labute approximate surface area is 143 Å². The maximum absolute atomic E-state index is 5.90. The Hall–Kier alpha value is -2.20. The predicted octanol–water partition coefficient (Wildman–Crippen LogP) is 3.73. The van der Waals surface area contributed by atoms with Crippen LogP contribution < -0.4 is 19.5 Å². The lowest BCUT2D eigenvalue weighted by molar-refractivity contribution is 0.304. The number of hydrogen-bond donors (Lipinski definition) is 1. The van der Waals surface area contributed by atoms with E-state index in [2.05, 4.69) is 23.5 Å². The Bertz CT molecular complexity index is 699. The third-order valence-electron chi connectivity index (χ3n) is 4.31. The van der Waals surface area contributed by atoms with Gasteiger partial charge in [-0.2, -0.15) is 0 Å². The quantitative estimate of drug-likeness (QED) is 0.877. The minimum absolute atomic E-state index is 0.0982. The lowest BCUT2D eigenvalue weighted by Gasteiger charge is -2.29. The van der Waals surface area contributed by atoms with Gasteiger partial charge in [0, 0.05) is 12.1 Å². The van der Waals surface area contributed by atoms with Gasteiger partial charge in [0.1, 0.15) is 5.75 Å². The summed E-state index contributed by atoms with van der Waals surface area (Å²) in [7, 11) is 1.68. The molecule has 128 valence electrons. The molecular formula is C20H25NO3. The molecule has 0 saturated heterocycles. The zero-order valence-electron chi connectivity index (χ0n) is 14.6. The van der Waals surface area contributed by atoms with Crippen LogP contribution in [-0.2, 0) is 6.42 Å². The first-order valence-electron chi connectivity index (χ1n) is 8.57. The average Bonchev–Trinajstić information content (AvgIpc) is 2.62. The summed E-state index contributed by atoms with van der Waals surface area (Å²) in [5.74, 6) is 2.53. The standard InChI is InChI=1S/C20H25NO3/c1-4-23-15-9-10-16-14(13-15)11-12-21-19(16)17-7-6-8-18(22-3)20(17)24-5-2/h6-10,13,19,21H,4-5,11-12H2,1-3H3. The molecule has 0 bridgehead atoms. The molecule has 1 heterocycles. The smallest absolute Gasteiger partial charge is 0.166 e. The second-order valence-electron chi connectivity index (χ2n) is 5.74. The van der Waals surface area contributed by atoms with Crippen molar-refractivity contribution in [2.75, 3.05) is 26.9 Å². The molecule has 1 aliphatic rings. The van der Waals surface area contributed by atoms with Gasteiger partial charge in [-0.3, -0.25) is 0 Å². The van der Waals surface area contributed by atoms with Gasteiger partial charge in [0.2, 0.25) is 0 Å². The average molecular weight is 327 g/mol. The Morgan fingerprint density at radius 3 is 2.62 bits per heavy atom. The first kappa shape index (κ1) is 16.7. The van der Waals surface area contributed by atoms with Crippen LogP contribution in [0.1, 0.15) is 36.6 Å². The van der Waals surface area contributed by atoms with Crippen molar-refractivity contribution in [1.29, 1.82) is 0 Å². The summed E-state index contributed by atoms with van der Waals surface area (Å²) in [4.78, 5) is 0. The van der Waals surface area contributed by atoms with Crippen LogP contribution in [0.4, 0.5) is 0 Å². The number of benzene rings is 2. The fraction of sp³-hybridized carbons (Fsp3) is 0.400. The molecule has 0 spiro atoms. The van der Waals surface area contributed by atoms with Crippen molar-refractivity contribution in [3.63, 3.8) is 0 Å². The van der Waals surface area contributed by atoms with Crippen LogP contribution >= 0.6 is 0 Å². The van der Waals surface area contributed by atoms with Crippen LogP contribution in [0.2, 0.25) is 0 Å². The number of ether oxygens (including phenoxy) is 3. The van der Waals surface area contributed by atoms with Crippen LogP contribution in [0.5, 0.6) is 17.2 Å². The summed E-state index contributed by atoms with van der Waals surface area (Å²) in [6, 6.07) is 12.5. The van der Waals surface area contributed by atoms with E-state index in [1.807, 2.05) is 32.0 Å². The highest BCUT2D eigenvalue weighted by Crippen LogP contribution is 2.40. The van der Waals surface area contributed by atoms with Crippen molar-refractivity contribution < 1.29 is 14.2 Å². The van der Waals surface area contributed by atoms with E-state index in [1.54, 1.807) is 7.11 Å². The third kappa shape index (κ3) is 3.20. The number of rotatable bonds is 6. The molecule has 3 rings (SSSR count). The monoisotopic (exact) mass is 327 g/mol. The minimum atomic E-state index is 0.0982. The van der Waals surface area contributed by atoms with Gasteiger partial charge < -0.3 is 19.5 Å². The van der Waals surface area contributed by atoms with Gasteiger partial charge in [-0.15, -0.1) is 0 Å². The molecule has 1 N–H and O–H groups in total. The first-order chi connectivity index (χ1) is 11.8. The molecule has 4 heteroatoms. The molecule has 24 heavy (non-hydrogen) atoms. The van der Waals surface area contributed by atoms with E-state index < -0.39 is 0 Å². The van der Waals surface area contributed by atoms with Crippen LogP contribution in [0.15, 0.2) is 36.4 Å². The highest BCUT2D eigenvalue weighted by Gasteiger charge is 2.26. The van der Waals surface area contributed by atoms with E-state index in [9.17, 15) is 0 Å². The molecule has 1 aliphatic heterocycles. The summed E-state index contributed by atoms with van der Waals surface area (Å²) in [6.45, 7) is 6.22. The first-order valence-corrected chi connectivity index (χ1v) is 8.57. The fourth-order valence-corrected chi connectivity index (χ4v) is 3.29. The van der Waals surface area contributed by atoms with E-state index in [-0.39, 0.29) is 6.04 Å².